The fraction of sp³-hybridized carbons (Fsp3) is 0.909. The molecule has 1 fully saturated rings. The van der Waals surface area contributed by atoms with Crippen molar-refractivity contribution in [3.05, 3.63) is 0 Å². The first-order valence-corrected chi connectivity index (χ1v) is 6.41. The number of nitrogens with zero attached hydrogens (tertiary/aromatic N) is 1. The van der Waals surface area contributed by atoms with Crippen LogP contribution in [-0.4, -0.2) is 34.3 Å². The van der Waals surface area contributed by atoms with Crippen LogP contribution in [0.25, 0.3) is 0 Å². The minimum absolute atomic E-state index is 0.251. The minimum Gasteiger partial charge on any atom is -0.392 e. The second kappa shape index (κ2) is 5.20. The summed E-state index contributed by atoms with van der Waals surface area (Å²) in [7, 11) is 1.86. The van der Waals surface area contributed by atoms with Crippen LogP contribution in [0.15, 0.2) is 0 Å². The van der Waals surface area contributed by atoms with Crippen LogP contribution in [0.1, 0.15) is 33.1 Å². The number of aliphatic hydroxyl groups is 1. The van der Waals surface area contributed by atoms with Gasteiger partial charge >= 0.3 is 0 Å². The molecule has 1 rings (SSSR count). The van der Waals surface area contributed by atoms with E-state index < -0.39 is 0 Å². The number of thioether (sulfide) groups is 1. The molecule has 86 valence electrons. The van der Waals surface area contributed by atoms with Crippen LogP contribution in [0.2, 0.25) is 0 Å². The second-order valence-corrected chi connectivity index (χ2v) is 6.07. The molecule has 0 aromatic carbocycles. The van der Waals surface area contributed by atoms with Crippen LogP contribution < -0.4 is 5.32 Å². The van der Waals surface area contributed by atoms with E-state index in [1.807, 2.05) is 32.7 Å². The van der Waals surface area contributed by atoms with Crippen molar-refractivity contribution >= 4 is 11.8 Å². The molecule has 4 atom stereocenters. The lowest BCUT2D eigenvalue weighted by Gasteiger charge is -2.22. The van der Waals surface area contributed by atoms with Crippen LogP contribution in [0, 0.1) is 11.3 Å². The maximum absolute atomic E-state index is 9.42. The van der Waals surface area contributed by atoms with E-state index in [9.17, 15) is 5.11 Å². The van der Waals surface area contributed by atoms with Gasteiger partial charge in [-0.15, -0.1) is 0 Å². The maximum atomic E-state index is 9.42. The zero-order valence-corrected chi connectivity index (χ0v) is 10.5. The smallest absolute Gasteiger partial charge is 0.107 e. The van der Waals surface area contributed by atoms with Crippen molar-refractivity contribution in [2.75, 3.05) is 7.05 Å². The lowest BCUT2D eigenvalue weighted by Crippen LogP contribution is -2.39. The molecule has 0 heterocycles. The third-order valence-electron chi connectivity index (χ3n) is 3.25. The van der Waals surface area contributed by atoms with E-state index in [1.165, 1.54) is 0 Å². The van der Waals surface area contributed by atoms with Crippen LogP contribution >= 0.6 is 11.8 Å². The normalized spacial score (nSPS) is 34.7. The second-order valence-electron chi connectivity index (χ2n) is 4.39. The zero-order valence-electron chi connectivity index (χ0n) is 9.66. The van der Waals surface area contributed by atoms with Gasteiger partial charge < -0.3 is 10.4 Å². The van der Waals surface area contributed by atoms with Gasteiger partial charge in [0.05, 0.1) is 12.2 Å². The molecule has 0 aliphatic heterocycles. The Hall–Kier alpha value is -0.240. The molecule has 0 saturated heterocycles. The predicted molar refractivity (Wildman–Crippen MR) is 63.8 cm³/mol. The van der Waals surface area contributed by atoms with Crippen molar-refractivity contribution in [2.45, 2.75) is 55.3 Å². The van der Waals surface area contributed by atoms with Gasteiger partial charge in [-0.3, -0.25) is 0 Å². The number of hydrogen-bond acceptors (Lipinski definition) is 4. The molecule has 4 unspecified atom stereocenters. The van der Waals surface area contributed by atoms with Crippen LogP contribution in [-0.2, 0) is 0 Å². The molecular weight excluding hydrogens is 208 g/mol. The molecule has 15 heavy (non-hydrogen) atoms. The van der Waals surface area contributed by atoms with E-state index in [0.717, 1.165) is 19.3 Å². The van der Waals surface area contributed by atoms with Gasteiger partial charge in [-0.25, -0.2) is 0 Å². The summed E-state index contributed by atoms with van der Waals surface area (Å²) in [6.07, 6.45) is 2.60. The average Bonchev–Trinajstić information content (AvgIpc) is 2.62. The number of aliphatic hydroxyl groups excluding tert-OH is 1. The highest BCUT2D eigenvalue weighted by molar-refractivity contribution is 8.00. The Morgan fingerprint density at radius 3 is 2.67 bits per heavy atom. The number of rotatable bonds is 4. The van der Waals surface area contributed by atoms with E-state index >= 15 is 0 Å². The summed E-state index contributed by atoms with van der Waals surface area (Å²) in [6, 6.07) is 2.37. The fourth-order valence-corrected chi connectivity index (χ4v) is 3.39. The first-order chi connectivity index (χ1) is 7.03. The molecule has 0 bridgehead atoms. The van der Waals surface area contributed by atoms with Crippen LogP contribution in [0.3, 0.4) is 0 Å². The number of nitrogens with one attached hydrogen (secondary N) is 1. The Labute approximate surface area is 96.2 Å². The Morgan fingerprint density at radius 1 is 1.60 bits per heavy atom. The summed E-state index contributed by atoms with van der Waals surface area (Å²) in [6.45, 7) is 3.86. The third kappa shape index (κ3) is 3.10. The number of nitriles is 1. The SMILES string of the molecule is CNC1(C#N)CCC(SC(C)C(C)O)C1. The third-order valence-corrected chi connectivity index (χ3v) is 4.86. The van der Waals surface area contributed by atoms with Gasteiger partial charge in [0.2, 0.25) is 0 Å². The molecule has 1 aliphatic carbocycles. The Balaban J connectivity index is 2.47. The van der Waals surface area contributed by atoms with Crippen molar-refractivity contribution in [2.24, 2.45) is 0 Å². The molecule has 2 N–H and O–H groups in total. The Kier molecular flexibility index (Phi) is 4.45. The van der Waals surface area contributed by atoms with Crippen molar-refractivity contribution < 1.29 is 5.11 Å². The van der Waals surface area contributed by atoms with E-state index in [1.54, 1.807) is 0 Å². The van der Waals surface area contributed by atoms with Crippen LogP contribution in [0.5, 0.6) is 0 Å². The van der Waals surface area contributed by atoms with Crippen molar-refractivity contribution in [1.29, 1.82) is 5.26 Å². The quantitative estimate of drug-likeness (QED) is 0.766. The molecular formula is C11H20N2OS. The summed E-state index contributed by atoms with van der Waals surface area (Å²) in [4.78, 5) is 0. The van der Waals surface area contributed by atoms with Crippen molar-refractivity contribution in [3.63, 3.8) is 0 Å². The highest BCUT2D eigenvalue weighted by Crippen LogP contribution is 2.38. The van der Waals surface area contributed by atoms with E-state index in [2.05, 4.69) is 11.4 Å². The predicted octanol–water partition coefficient (Wildman–Crippen LogP) is 1.52. The molecule has 1 aliphatic rings. The van der Waals surface area contributed by atoms with Gasteiger partial charge in [0.15, 0.2) is 0 Å². The first-order valence-electron chi connectivity index (χ1n) is 5.46. The summed E-state index contributed by atoms with van der Waals surface area (Å²) >= 11 is 1.81. The molecule has 0 aromatic rings. The largest absolute Gasteiger partial charge is 0.392 e. The van der Waals surface area contributed by atoms with Gasteiger partial charge in [-0.1, -0.05) is 6.92 Å². The maximum Gasteiger partial charge on any atom is 0.107 e. The lowest BCUT2D eigenvalue weighted by atomic mass is 10.0. The highest BCUT2D eigenvalue weighted by atomic mass is 32.2. The molecule has 0 amide bonds. The van der Waals surface area contributed by atoms with E-state index in [-0.39, 0.29) is 16.9 Å². The average molecular weight is 228 g/mol. The summed E-state index contributed by atoms with van der Waals surface area (Å²) in [5, 5.41) is 22.4. The van der Waals surface area contributed by atoms with E-state index in [0.29, 0.717) is 5.25 Å². The van der Waals surface area contributed by atoms with Gasteiger partial charge in [-0.2, -0.15) is 17.0 Å². The lowest BCUT2D eigenvalue weighted by molar-refractivity contribution is 0.196. The Bertz CT molecular complexity index is 251. The topological polar surface area (TPSA) is 56.0 Å². The van der Waals surface area contributed by atoms with Gasteiger partial charge in [0.25, 0.3) is 0 Å². The fourth-order valence-electron chi connectivity index (χ4n) is 1.92. The monoisotopic (exact) mass is 228 g/mol. The minimum atomic E-state index is -0.323. The standard InChI is InChI=1S/C11H20N2OS/c1-8(14)9(2)15-10-4-5-11(6-10,7-12)13-3/h8-10,13-14H,4-6H2,1-3H3. The Morgan fingerprint density at radius 2 is 2.27 bits per heavy atom. The van der Waals surface area contributed by atoms with Gasteiger partial charge in [0.1, 0.15) is 5.54 Å². The molecule has 1 saturated carbocycles. The van der Waals surface area contributed by atoms with Crippen molar-refractivity contribution in [3.8, 4) is 6.07 Å². The number of hydrogen-bond donors (Lipinski definition) is 2. The van der Waals surface area contributed by atoms with E-state index in [4.69, 9.17) is 5.26 Å². The van der Waals surface area contributed by atoms with Crippen LogP contribution in [0.4, 0.5) is 0 Å². The first kappa shape index (κ1) is 12.8. The molecule has 0 radical (unpaired) electrons. The molecule has 4 heteroatoms. The summed E-state index contributed by atoms with van der Waals surface area (Å²) < 4.78 is 0. The highest BCUT2D eigenvalue weighted by Gasteiger charge is 2.39. The summed E-state index contributed by atoms with van der Waals surface area (Å²) in [5.41, 5.74) is -0.323. The molecule has 0 spiro atoms. The zero-order chi connectivity index (χ0) is 11.5. The molecule has 3 nitrogen and oxygen atoms in total. The molecule has 0 aromatic heterocycles. The summed E-state index contributed by atoms with van der Waals surface area (Å²) in [5.74, 6) is 0. The van der Waals surface area contributed by atoms with Gasteiger partial charge in [-0.05, 0) is 33.2 Å². The van der Waals surface area contributed by atoms with Gasteiger partial charge in [0, 0.05) is 10.5 Å². The van der Waals surface area contributed by atoms with Crippen molar-refractivity contribution in [1.82, 2.24) is 5.32 Å².